The molecule has 8 heteroatoms. The Labute approximate surface area is 234 Å². The molecule has 0 bridgehead atoms. The number of piperidine rings is 2. The zero-order valence-corrected chi connectivity index (χ0v) is 24.5. The molecule has 7 aliphatic rings. The SMILES string of the molecule is C1=CN(C2CSC(C3NCCC4CCCCC43)(N3CCSCC3)N2N2CCCC3CCCCC32)CNC1. The van der Waals surface area contributed by atoms with Gasteiger partial charge in [-0.15, -0.1) is 11.8 Å². The molecule has 5 heterocycles. The van der Waals surface area contributed by atoms with Crippen molar-refractivity contribution >= 4 is 23.5 Å². The average Bonchev–Trinajstić information content (AvgIpc) is 3.38. The summed E-state index contributed by atoms with van der Waals surface area (Å²) in [6.45, 7) is 6.95. The summed E-state index contributed by atoms with van der Waals surface area (Å²) in [5.74, 6) is 6.45. The first-order valence-electron chi connectivity index (χ1n) is 15.8. The molecule has 208 valence electrons. The highest BCUT2D eigenvalue weighted by Gasteiger charge is 2.63. The van der Waals surface area contributed by atoms with Gasteiger partial charge in [-0.05, 0) is 69.0 Å². The molecule has 2 saturated carbocycles. The van der Waals surface area contributed by atoms with Gasteiger partial charge in [0.05, 0.1) is 12.7 Å². The van der Waals surface area contributed by atoms with Gasteiger partial charge in [0.1, 0.15) is 6.17 Å². The second-order valence-electron chi connectivity index (χ2n) is 12.8. The van der Waals surface area contributed by atoms with Crippen LogP contribution < -0.4 is 10.6 Å². The van der Waals surface area contributed by atoms with E-state index in [4.69, 9.17) is 0 Å². The summed E-state index contributed by atoms with van der Waals surface area (Å²) in [6, 6.07) is 1.31. The summed E-state index contributed by atoms with van der Waals surface area (Å²) >= 11 is 4.51. The van der Waals surface area contributed by atoms with E-state index in [9.17, 15) is 0 Å². The molecule has 0 spiro atoms. The second-order valence-corrected chi connectivity index (χ2v) is 15.2. The summed E-state index contributed by atoms with van der Waals surface area (Å²) in [5.41, 5.74) is 0. The van der Waals surface area contributed by atoms with Crippen LogP contribution in [0.1, 0.15) is 70.6 Å². The van der Waals surface area contributed by atoms with E-state index in [2.05, 4.69) is 66.3 Å². The van der Waals surface area contributed by atoms with Crippen molar-refractivity contribution in [2.45, 2.75) is 93.9 Å². The van der Waals surface area contributed by atoms with Gasteiger partial charge in [-0.3, -0.25) is 10.2 Å². The third-order valence-corrected chi connectivity index (χ3v) is 13.5. The van der Waals surface area contributed by atoms with Crippen LogP contribution in [0.15, 0.2) is 12.3 Å². The fourth-order valence-corrected chi connectivity index (χ4v) is 12.1. The quantitative estimate of drug-likeness (QED) is 0.544. The average molecular weight is 547 g/mol. The topological polar surface area (TPSA) is 37.0 Å². The lowest BCUT2D eigenvalue weighted by Crippen LogP contribution is -2.77. The molecular weight excluding hydrogens is 496 g/mol. The van der Waals surface area contributed by atoms with Crippen molar-refractivity contribution in [2.24, 2.45) is 17.8 Å². The van der Waals surface area contributed by atoms with E-state index in [0.29, 0.717) is 12.2 Å². The van der Waals surface area contributed by atoms with Crippen LogP contribution in [0.5, 0.6) is 0 Å². The number of fused-ring (bicyclic) bond motifs is 2. The van der Waals surface area contributed by atoms with E-state index in [1.807, 2.05) is 0 Å². The van der Waals surface area contributed by atoms with Gasteiger partial charge in [-0.25, -0.2) is 5.01 Å². The van der Waals surface area contributed by atoms with Crippen molar-refractivity contribution in [3.05, 3.63) is 12.3 Å². The minimum Gasteiger partial charge on any atom is -0.347 e. The van der Waals surface area contributed by atoms with Crippen molar-refractivity contribution in [2.75, 3.05) is 56.7 Å². The molecule has 0 radical (unpaired) electrons. The molecule has 7 unspecified atom stereocenters. The predicted molar refractivity (Wildman–Crippen MR) is 157 cm³/mol. The Morgan fingerprint density at radius 1 is 0.838 bits per heavy atom. The maximum absolute atomic E-state index is 4.27. The van der Waals surface area contributed by atoms with Crippen molar-refractivity contribution in [1.29, 1.82) is 0 Å². The standard InChI is InChI=1S/C29H50N6S2/c1-3-10-25-23(7-1)12-14-31-28(25)29(33-17-19-36-20-18-33)35(27(21-37-29)32-15-6-13-30-22-32)34-16-5-9-24-8-2-4-11-26(24)34/h6,15,23-28,30-31H,1-5,7-14,16-22H2. The summed E-state index contributed by atoms with van der Waals surface area (Å²) in [7, 11) is 0. The van der Waals surface area contributed by atoms with Gasteiger partial charge in [0.15, 0.2) is 4.99 Å². The van der Waals surface area contributed by atoms with Crippen LogP contribution in [0, 0.1) is 17.8 Å². The van der Waals surface area contributed by atoms with Crippen LogP contribution in [0.2, 0.25) is 0 Å². The lowest BCUT2D eigenvalue weighted by molar-refractivity contribution is -0.224. The van der Waals surface area contributed by atoms with Gasteiger partial charge in [0, 0.05) is 49.5 Å². The lowest BCUT2D eigenvalue weighted by atomic mass is 9.70. The number of thioether (sulfide) groups is 2. The molecule has 7 rings (SSSR count). The first kappa shape index (κ1) is 26.0. The second kappa shape index (κ2) is 11.5. The highest BCUT2D eigenvalue weighted by Crippen LogP contribution is 2.54. The molecular formula is C29H50N6S2. The van der Waals surface area contributed by atoms with Gasteiger partial charge in [0.2, 0.25) is 0 Å². The Bertz CT molecular complexity index is 803. The van der Waals surface area contributed by atoms with E-state index in [1.54, 1.807) is 0 Å². The van der Waals surface area contributed by atoms with E-state index in [-0.39, 0.29) is 4.99 Å². The highest BCUT2D eigenvalue weighted by molar-refractivity contribution is 8.01. The molecule has 6 fully saturated rings. The smallest absolute Gasteiger partial charge is 0.153 e. The summed E-state index contributed by atoms with van der Waals surface area (Å²) in [6.07, 6.45) is 21.0. The van der Waals surface area contributed by atoms with Gasteiger partial charge >= 0.3 is 0 Å². The van der Waals surface area contributed by atoms with E-state index < -0.39 is 0 Å². The minimum absolute atomic E-state index is 0.0386. The molecule has 0 aromatic rings. The fraction of sp³-hybridized carbons (Fsp3) is 0.931. The molecule has 0 amide bonds. The first-order chi connectivity index (χ1) is 18.4. The van der Waals surface area contributed by atoms with Crippen LogP contribution in [-0.4, -0.2) is 99.7 Å². The molecule has 6 nitrogen and oxygen atoms in total. The largest absolute Gasteiger partial charge is 0.347 e. The molecule has 0 aromatic heterocycles. The monoisotopic (exact) mass is 546 g/mol. The molecule has 0 aromatic carbocycles. The maximum atomic E-state index is 4.27. The summed E-state index contributed by atoms with van der Waals surface area (Å²) in [5, 5.41) is 14.0. The van der Waals surface area contributed by atoms with Crippen LogP contribution in [-0.2, 0) is 0 Å². The Kier molecular flexibility index (Phi) is 8.07. The Morgan fingerprint density at radius 3 is 2.51 bits per heavy atom. The third kappa shape index (κ3) is 4.72. The van der Waals surface area contributed by atoms with Gasteiger partial charge in [-0.2, -0.15) is 16.8 Å². The number of nitrogens with one attached hydrogen (secondary N) is 2. The number of hydrogen-bond donors (Lipinski definition) is 2. The van der Waals surface area contributed by atoms with Crippen LogP contribution in [0.3, 0.4) is 0 Å². The van der Waals surface area contributed by atoms with Crippen LogP contribution in [0.25, 0.3) is 0 Å². The van der Waals surface area contributed by atoms with E-state index >= 15 is 0 Å². The summed E-state index contributed by atoms with van der Waals surface area (Å²) in [4.78, 5) is 5.69. The zero-order valence-electron chi connectivity index (χ0n) is 22.9. The normalized spacial score (nSPS) is 44.5. The van der Waals surface area contributed by atoms with E-state index in [0.717, 1.165) is 37.0 Å². The van der Waals surface area contributed by atoms with Gasteiger partial charge in [-0.1, -0.05) is 38.2 Å². The van der Waals surface area contributed by atoms with Crippen molar-refractivity contribution in [3.63, 3.8) is 0 Å². The molecule has 7 atom stereocenters. The Morgan fingerprint density at radius 2 is 1.65 bits per heavy atom. The number of hydrogen-bond acceptors (Lipinski definition) is 8. The maximum Gasteiger partial charge on any atom is 0.153 e. The Hall–Kier alpha value is 0.0400. The molecule has 4 saturated heterocycles. The number of hydrazine groups is 1. The number of rotatable bonds is 4. The Balaban J connectivity index is 1.33. The predicted octanol–water partition coefficient (Wildman–Crippen LogP) is 4.18. The molecule has 2 N–H and O–H groups in total. The fourth-order valence-electron chi connectivity index (χ4n) is 9.30. The number of nitrogens with zero attached hydrogens (tertiary/aromatic N) is 4. The molecule has 2 aliphatic carbocycles. The van der Waals surface area contributed by atoms with E-state index in [1.165, 1.54) is 114 Å². The highest BCUT2D eigenvalue weighted by atomic mass is 32.2. The van der Waals surface area contributed by atoms with Crippen molar-refractivity contribution < 1.29 is 0 Å². The zero-order chi connectivity index (χ0) is 24.7. The van der Waals surface area contributed by atoms with Gasteiger partial charge < -0.3 is 10.2 Å². The van der Waals surface area contributed by atoms with Crippen molar-refractivity contribution in [3.8, 4) is 0 Å². The minimum atomic E-state index is 0.0386. The van der Waals surface area contributed by atoms with Crippen molar-refractivity contribution in [1.82, 2.24) is 30.5 Å². The molecule has 37 heavy (non-hydrogen) atoms. The molecule has 5 aliphatic heterocycles. The van der Waals surface area contributed by atoms with Crippen LogP contribution >= 0.6 is 23.5 Å². The third-order valence-electron chi connectivity index (χ3n) is 10.9. The summed E-state index contributed by atoms with van der Waals surface area (Å²) < 4.78 is 0. The van der Waals surface area contributed by atoms with Gasteiger partial charge in [0.25, 0.3) is 0 Å². The lowest BCUT2D eigenvalue weighted by Gasteiger charge is -2.62. The first-order valence-corrected chi connectivity index (χ1v) is 17.9. The van der Waals surface area contributed by atoms with Crippen LogP contribution in [0.4, 0.5) is 0 Å².